The number of carboxylic acid groups (broad SMARTS) is 1. The van der Waals surface area contributed by atoms with Gasteiger partial charge in [-0.25, -0.2) is 4.68 Å². The first-order valence-corrected chi connectivity index (χ1v) is 7.80. The van der Waals surface area contributed by atoms with Gasteiger partial charge >= 0.3 is 5.97 Å². The van der Waals surface area contributed by atoms with E-state index in [9.17, 15) is 9.59 Å². The summed E-state index contributed by atoms with van der Waals surface area (Å²) in [5, 5.41) is 15.6. The molecule has 0 fully saturated rings. The van der Waals surface area contributed by atoms with E-state index in [4.69, 9.17) is 9.84 Å². The number of nitrogens with one attached hydrogen (secondary N) is 1. The Morgan fingerprint density at radius 1 is 1.17 bits per heavy atom. The van der Waals surface area contributed by atoms with Crippen molar-refractivity contribution in [3.8, 4) is 11.4 Å². The van der Waals surface area contributed by atoms with E-state index in [0.717, 1.165) is 24.3 Å². The molecule has 7 nitrogen and oxygen atoms in total. The minimum absolute atomic E-state index is 0.167. The number of aromatic nitrogens is 2. The second-order valence-corrected chi connectivity index (χ2v) is 5.30. The van der Waals surface area contributed by atoms with E-state index in [1.54, 1.807) is 24.1 Å². The summed E-state index contributed by atoms with van der Waals surface area (Å²) in [4.78, 5) is 22.4. The second kappa shape index (κ2) is 8.71. The first-order chi connectivity index (χ1) is 11.6. The molecule has 1 amide bonds. The summed E-state index contributed by atoms with van der Waals surface area (Å²) in [6.07, 6.45) is 4.03. The highest BCUT2D eigenvalue weighted by molar-refractivity contribution is 5.92. The van der Waals surface area contributed by atoms with Gasteiger partial charge in [0.2, 0.25) is 0 Å². The van der Waals surface area contributed by atoms with Crippen molar-refractivity contribution in [3.05, 3.63) is 42.2 Å². The maximum atomic E-state index is 12.0. The number of amides is 1. The first kappa shape index (κ1) is 17.5. The summed E-state index contributed by atoms with van der Waals surface area (Å²) < 4.78 is 6.73. The Morgan fingerprint density at radius 2 is 1.92 bits per heavy atom. The molecule has 1 heterocycles. The van der Waals surface area contributed by atoms with Gasteiger partial charge in [0.05, 0.1) is 12.8 Å². The van der Waals surface area contributed by atoms with Gasteiger partial charge in [0.15, 0.2) is 5.69 Å². The molecule has 1 aromatic heterocycles. The number of benzene rings is 1. The second-order valence-electron chi connectivity index (χ2n) is 5.30. The zero-order valence-electron chi connectivity index (χ0n) is 13.6. The van der Waals surface area contributed by atoms with Crippen LogP contribution in [0.3, 0.4) is 0 Å². The number of carbonyl (C=O) groups is 2. The SMILES string of the molecule is COc1ccc(-n2ccc(C(=O)NCCCCCC(=O)O)n2)cc1. The Bertz CT molecular complexity index is 679. The van der Waals surface area contributed by atoms with Gasteiger partial charge in [-0.15, -0.1) is 0 Å². The minimum atomic E-state index is -0.789. The predicted octanol–water partition coefficient (Wildman–Crippen LogP) is 2.26. The van der Waals surface area contributed by atoms with Crippen LogP contribution in [0.15, 0.2) is 36.5 Å². The third kappa shape index (κ3) is 5.12. The molecule has 0 atom stereocenters. The van der Waals surface area contributed by atoms with Crippen molar-refractivity contribution >= 4 is 11.9 Å². The van der Waals surface area contributed by atoms with Crippen molar-refractivity contribution in [2.45, 2.75) is 25.7 Å². The molecule has 0 spiro atoms. The molecule has 128 valence electrons. The molecule has 0 aliphatic rings. The molecule has 2 rings (SSSR count). The number of ether oxygens (including phenoxy) is 1. The van der Waals surface area contributed by atoms with Crippen LogP contribution in [0.4, 0.5) is 0 Å². The molecule has 1 aromatic carbocycles. The Balaban J connectivity index is 1.81. The number of methoxy groups -OCH3 is 1. The molecule has 0 aliphatic carbocycles. The Labute approximate surface area is 140 Å². The fraction of sp³-hybridized carbons (Fsp3) is 0.353. The number of unbranched alkanes of at least 4 members (excludes halogenated alkanes) is 2. The zero-order valence-corrected chi connectivity index (χ0v) is 13.6. The summed E-state index contributed by atoms with van der Waals surface area (Å²) in [6.45, 7) is 0.508. The predicted molar refractivity (Wildman–Crippen MR) is 88.6 cm³/mol. The van der Waals surface area contributed by atoms with Crippen LogP contribution in [0.2, 0.25) is 0 Å². The van der Waals surface area contributed by atoms with Gasteiger partial charge in [-0.05, 0) is 43.2 Å². The number of rotatable bonds is 9. The van der Waals surface area contributed by atoms with Crippen LogP contribution in [-0.4, -0.2) is 40.4 Å². The van der Waals surface area contributed by atoms with Crippen molar-refractivity contribution < 1.29 is 19.4 Å². The molecule has 7 heteroatoms. The molecular formula is C17H21N3O4. The van der Waals surface area contributed by atoms with Crippen LogP contribution < -0.4 is 10.1 Å². The number of carbonyl (C=O) groups excluding carboxylic acids is 1. The maximum absolute atomic E-state index is 12.0. The monoisotopic (exact) mass is 331 g/mol. The van der Waals surface area contributed by atoms with Crippen LogP contribution in [-0.2, 0) is 4.79 Å². The molecule has 2 N–H and O–H groups in total. The summed E-state index contributed by atoms with van der Waals surface area (Å²) in [6, 6.07) is 9.03. The molecule has 0 bridgehead atoms. The molecular weight excluding hydrogens is 310 g/mol. The van der Waals surface area contributed by atoms with Crippen LogP contribution in [0, 0.1) is 0 Å². The molecule has 0 saturated heterocycles. The highest BCUT2D eigenvalue weighted by atomic mass is 16.5. The third-order valence-corrected chi connectivity index (χ3v) is 3.51. The number of nitrogens with zero attached hydrogens (tertiary/aromatic N) is 2. The zero-order chi connectivity index (χ0) is 17.4. The average Bonchev–Trinajstić information content (AvgIpc) is 3.07. The van der Waals surface area contributed by atoms with Crippen molar-refractivity contribution in [3.63, 3.8) is 0 Å². The Morgan fingerprint density at radius 3 is 2.58 bits per heavy atom. The van der Waals surface area contributed by atoms with E-state index >= 15 is 0 Å². The highest BCUT2D eigenvalue weighted by Gasteiger charge is 2.09. The summed E-state index contributed by atoms with van der Waals surface area (Å²) >= 11 is 0. The molecule has 0 radical (unpaired) electrons. The van der Waals surface area contributed by atoms with E-state index in [2.05, 4.69) is 10.4 Å². The molecule has 0 saturated carbocycles. The van der Waals surface area contributed by atoms with Crippen molar-refractivity contribution in [2.75, 3.05) is 13.7 Å². The van der Waals surface area contributed by atoms with Crippen molar-refractivity contribution in [1.82, 2.24) is 15.1 Å². The lowest BCUT2D eigenvalue weighted by Crippen LogP contribution is -2.25. The third-order valence-electron chi connectivity index (χ3n) is 3.51. The summed E-state index contributed by atoms with van der Waals surface area (Å²) in [5.74, 6) is -0.268. The number of hydrogen-bond donors (Lipinski definition) is 2. The van der Waals surface area contributed by atoms with E-state index in [1.165, 1.54) is 0 Å². The van der Waals surface area contributed by atoms with E-state index < -0.39 is 5.97 Å². The summed E-state index contributed by atoms with van der Waals surface area (Å²) in [5.41, 5.74) is 1.18. The Kier molecular flexibility index (Phi) is 6.36. The number of carboxylic acids is 1. The van der Waals surface area contributed by atoms with Crippen LogP contribution in [0.1, 0.15) is 36.2 Å². The lowest BCUT2D eigenvalue weighted by atomic mass is 10.2. The van der Waals surface area contributed by atoms with Crippen LogP contribution in [0.25, 0.3) is 5.69 Å². The molecule has 24 heavy (non-hydrogen) atoms. The van der Waals surface area contributed by atoms with Crippen LogP contribution >= 0.6 is 0 Å². The van der Waals surface area contributed by atoms with Crippen molar-refractivity contribution in [2.24, 2.45) is 0 Å². The molecule has 2 aromatic rings. The normalized spacial score (nSPS) is 10.4. The van der Waals surface area contributed by atoms with Gasteiger partial charge < -0.3 is 15.2 Å². The highest BCUT2D eigenvalue weighted by Crippen LogP contribution is 2.14. The molecule has 0 unspecified atom stereocenters. The Hall–Kier alpha value is -2.83. The number of aliphatic carboxylic acids is 1. The van der Waals surface area contributed by atoms with E-state index in [0.29, 0.717) is 18.7 Å². The first-order valence-electron chi connectivity index (χ1n) is 7.80. The smallest absolute Gasteiger partial charge is 0.303 e. The fourth-order valence-electron chi connectivity index (χ4n) is 2.19. The lowest BCUT2D eigenvalue weighted by Gasteiger charge is -2.04. The van der Waals surface area contributed by atoms with Gasteiger partial charge in [0.25, 0.3) is 5.91 Å². The number of hydrogen-bond acceptors (Lipinski definition) is 4. The quantitative estimate of drug-likeness (QED) is 0.687. The van der Waals surface area contributed by atoms with Gasteiger partial charge in [-0.2, -0.15) is 5.10 Å². The van der Waals surface area contributed by atoms with Gasteiger partial charge in [0.1, 0.15) is 5.75 Å². The van der Waals surface area contributed by atoms with Gasteiger partial charge in [0, 0.05) is 19.2 Å². The lowest BCUT2D eigenvalue weighted by molar-refractivity contribution is -0.137. The summed E-state index contributed by atoms with van der Waals surface area (Å²) in [7, 11) is 1.60. The average molecular weight is 331 g/mol. The van der Waals surface area contributed by atoms with Gasteiger partial charge in [-0.1, -0.05) is 6.42 Å². The maximum Gasteiger partial charge on any atom is 0.303 e. The molecule has 0 aliphatic heterocycles. The largest absolute Gasteiger partial charge is 0.497 e. The van der Waals surface area contributed by atoms with E-state index in [-0.39, 0.29) is 12.3 Å². The van der Waals surface area contributed by atoms with Gasteiger partial charge in [-0.3, -0.25) is 9.59 Å². The van der Waals surface area contributed by atoms with Crippen molar-refractivity contribution in [1.29, 1.82) is 0 Å². The topological polar surface area (TPSA) is 93.5 Å². The standard InChI is InChI=1S/C17H21N3O4/c1-24-14-8-6-13(7-9-14)20-12-10-15(19-20)17(23)18-11-4-2-3-5-16(21)22/h6-10,12H,2-5,11H2,1H3,(H,18,23)(H,21,22). The van der Waals surface area contributed by atoms with E-state index in [1.807, 2.05) is 24.3 Å². The fourth-order valence-corrected chi connectivity index (χ4v) is 2.19. The van der Waals surface area contributed by atoms with Crippen LogP contribution in [0.5, 0.6) is 5.75 Å². The minimum Gasteiger partial charge on any atom is -0.497 e.